The fourth-order valence-electron chi connectivity index (χ4n) is 1.91. The van der Waals surface area contributed by atoms with Gasteiger partial charge in [0.1, 0.15) is 0 Å². The Morgan fingerprint density at radius 1 is 1.44 bits per heavy atom. The van der Waals surface area contributed by atoms with Gasteiger partial charge in [-0.2, -0.15) is 0 Å². The van der Waals surface area contributed by atoms with Crippen LogP contribution in [0.2, 0.25) is 0 Å². The lowest BCUT2D eigenvalue weighted by Gasteiger charge is -2.02. The molecule has 0 saturated heterocycles. The fourth-order valence-corrected chi connectivity index (χ4v) is 2.22. The molecule has 1 fully saturated rings. The van der Waals surface area contributed by atoms with Gasteiger partial charge in [0.05, 0.1) is 11.0 Å². The van der Waals surface area contributed by atoms with E-state index < -0.39 is 0 Å². The van der Waals surface area contributed by atoms with Gasteiger partial charge in [-0.1, -0.05) is 15.9 Å². The molecule has 0 aliphatic heterocycles. The van der Waals surface area contributed by atoms with Crippen LogP contribution in [0.15, 0.2) is 23.1 Å². The van der Waals surface area contributed by atoms with Crippen molar-refractivity contribution in [3.63, 3.8) is 0 Å². The van der Waals surface area contributed by atoms with Crippen LogP contribution in [0.3, 0.4) is 0 Å². The third-order valence-electron chi connectivity index (χ3n) is 2.95. The highest BCUT2D eigenvalue weighted by Gasteiger charge is 2.26. The number of hydrogen-bond acceptors (Lipinski definition) is 2. The van der Waals surface area contributed by atoms with Crippen LogP contribution in [0, 0.1) is 0 Å². The summed E-state index contributed by atoms with van der Waals surface area (Å²) in [4.78, 5) is 19.1. The molecule has 2 heterocycles. The Balaban J connectivity index is 2.22. The molecule has 3 nitrogen and oxygen atoms in total. The first-order valence-electron chi connectivity index (χ1n) is 5.36. The standard InChI is InChI=1S/C12H11BrN2O/c13-5-7-3-11-10(14-6-7)4-9(8-1-2-8)12(16)15-11/h3-4,6,8H,1-2,5H2,(H,15,16). The summed E-state index contributed by atoms with van der Waals surface area (Å²) < 4.78 is 0. The van der Waals surface area contributed by atoms with E-state index in [1.54, 1.807) is 0 Å². The predicted molar refractivity (Wildman–Crippen MR) is 67.0 cm³/mol. The summed E-state index contributed by atoms with van der Waals surface area (Å²) in [5.74, 6) is 0.464. The van der Waals surface area contributed by atoms with E-state index in [2.05, 4.69) is 25.9 Å². The second kappa shape index (κ2) is 3.70. The van der Waals surface area contributed by atoms with Crippen LogP contribution < -0.4 is 5.56 Å². The molecule has 0 aromatic carbocycles. The van der Waals surface area contributed by atoms with E-state index in [1.807, 2.05) is 18.3 Å². The number of hydrogen-bond donors (Lipinski definition) is 1. The summed E-state index contributed by atoms with van der Waals surface area (Å²) in [6.45, 7) is 0. The number of nitrogens with one attached hydrogen (secondary N) is 1. The molecule has 1 N–H and O–H groups in total. The molecule has 0 unspecified atom stereocenters. The highest BCUT2D eigenvalue weighted by Crippen LogP contribution is 2.38. The van der Waals surface area contributed by atoms with Crippen LogP contribution >= 0.6 is 15.9 Å². The van der Waals surface area contributed by atoms with E-state index in [9.17, 15) is 4.79 Å². The first-order chi connectivity index (χ1) is 7.78. The molecule has 0 atom stereocenters. The maximum Gasteiger partial charge on any atom is 0.252 e. The second-order valence-electron chi connectivity index (χ2n) is 4.24. The van der Waals surface area contributed by atoms with Crippen LogP contribution in [-0.2, 0) is 5.33 Å². The number of rotatable bonds is 2. The van der Waals surface area contributed by atoms with Crippen molar-refractivity contribution < 1.29 is 0 Å². The Kier molecular flexibility index (Phi) is 2.32. The number of nitrogens with zero attached hydrogens (tertiary/aromatic N) is 1. The Morgan fingerprint density at radius 2 is 2.25 bits per heavy atom. The molecule has 1 aliphatic carbocycles. The Hall–Kier alpha value is -1.16. The van der Waals surface area contributed by atoms with Crippen molar-refractivity contribution in [3.05, 3.63) is 39.8 Å². The molecule has 4 heteroatoms. The molecule has 1 saturated carbocycles. The lowest BCUT2D eigenvalue weighted by atomic mass is 10.1. The molecule has 0 amide bonds. The number of fused-ring (bicyclic) bond motifs is 1. The highest BCUT2D eigenvalue weighted by molar-refractivity contribution is 9.08. The van der Waals surface area contributed by atoms with Gasteiger partial charge in [-0.25, -0.2) is 0 Å². The van der Waals surface area contributed by atoms with Gasteiger partial charge in [0, 0.05) is 17.1 Å². The van der Waals surface area contributed by atoms with Gasteiger partial charge in [-0.05, 0) is 36.5 Å². The largest absolute Gasteiger partial charge is 0.320 e. The molecule has 2 aromatic rings. The van der Waals surface area contributed by atoms with Crippen molar-refractivity contribution in [1.82, 2.24) is 9.97 Å². The Labute approximate surface area is 101 Å². The summed E-state index contributed by atoms with van der Waals surface area (Å²) in [6.07, 6.45) is 4.11. The predicted octanol–water partition coefficient (Wildman–Crippen LogP) is 2.70. The van der Waals surface area contributed by atoms with Gasteiger partial charge in [0.25, 0.3) is 5.56 Å². The van der Waals surface area contributed by atoms with Crippen molar-refractivity contribution in [1.29, 1.82) is 0 Å². The molecule has 0 radical (unpaired) electrons. The normalized spacial score (nSPS) is 15.6. The zero-order chi connectivity index (χ0) is 11.1. The topological polar surface area (TPSA) is 45.8 Å². The molecule has 0 spiro atoms. The quantitative estimate of drug-likeness (QED) is 0.859. The minimum atomic E-state index is 0.0449. The third-order valence-corrected chi connectivity index (χ3v) is 3.60. The number of aromatic amines is 1. The lowest BCUT2D eigenvalue weighted by molar-refractivity contribution is 1.06. The number of aromatic nitrogens is 2. The van der Waals surface area contributed by atoms with Crippen LogP contribution in [0.25, 0.3) is 11.0 Å². The molecular weight excluding hydrogens is 268 g/mol. The number of halogens is 1. The van der Waals surface area contributed by atoms with Crippen molar-refractivity contribution in [2.75, 3.05) is 0 Å². The van der Waals surface area contributed by atoms with Crippen molar-refractivity contribution in [2.45, 2.75) is 24.1 Å². The molecule has 1 aliphatic rings. The smallest absolute Gasteiger partial charge is 0.252 e. The van der Waals surface area contributed by atoms with Gasteiger partial charge in [-0.3, -0.25) is 9.78 Å². The van der Waals surface area contributed by atoms with Gasteiger partial charge >= 0.3 is 0 Å². The minimum absolute atomic E-state index is 0.0449. The minimum Gasteiger partial charge on any atom is -0.320 e. The van der Waals surface area contributed by atoms with E-state index in [0.29, 0.717) is 5.92 Å². The van der Waals surface area contributed by atoms with Gasteiger partial charge in [0.15, 0.2) is 0 Å². The summed E-state index contributed by atoms with van der Waals surface area (Å²) in [7, 11) is 0. The molecule has 16 heavy (non-hydrogen) atoms. The maximum atomic E-state index is 11.8. The van der Waals surface area contributed by atoms with Crippen molar-refractivity contribution in [3.8, 4) is 0 Å². The molecule has 2 aromatic heterocycles. The number of H-pyrrole nitrogens is 1. The first kappa shape index (κ1) is 10.0. The fraction of sp³-hybridized carbons (Fsp3) is 0.333. The average molecular weight is 279 g/mol. The van der Waals surface area contributed by atoms with Crippen LogP contribution in [-0.4, -0.2) is 9.97 Å². The average Bonchev–Trinajstić information content (AvgIpc) is 3.11. The zero-order valence-corrected chi connectivity index (χ0v) is 10.3. The monoisotopic (exact) mass is 278 g/mol. The Bertz CT molecular complexity index is 601. The van der Waals surface area contributed by atoms with Gasteiger partial charge in [-0.15, -0.1) is 0 Å². The molecule has 0 bridgehead atoms. The van der Waals surface area contributed by atoms with E-state index in [4.69, 9.17) is 0 Å². The molecule has 82 valence electrons. The van der Waals surface area contributed by atoms with E-state index in [-0.39, 0.29) is 5.56 Å². The van der Waals surface area contributed by atoms with Crippen LogP contribution in [0.5, 0.6) is 0 Å². The summed E-state index contributed by atoms with van der Waals surface area (Å²) in [5.41, 5.74) is 3.72. The van der Waals surface area contributed by atoms with E-state index in [1.165, 1.54) is 0 Å². The maximum absolute atomic E-state index is 11.8. The molecule has 3 rings (SSSR count). The Morgan fingerprint density at radius 3 is 2.94 bits per heavy atom. The number of alkyl halides is 1. The zero-order valence-electron chi connectivity index (χ0n) is 8.66. The van der Waals surface area contributed by atoms with Crippen molar-refractivity contribution in [2.24, 2.45) is 0 Å². The summed E-state index contributed by atoms with van der Waals surface area (Å²) in [6, 6.07) is 3.90. The SMILES string of the molecule is O=c1[nH]c2cc(CBr)cnc2cc1C1CC1. The van der Waals surface area contributed by atoms with Crippen LogP contribution in [0.1, 0.15) is 29.9 Å². The second-order valence-corrected chi connectivity index (χ2v) is 4.80. The van der Waals surface area contributed by atoms with Crippen molar-refractivity contribution >= 4 is 27.0 Å². The first-order valence-corrected chi connectivity index (χ1v) is 6.48. The summed E-state index contributed by atoms with van der Waals surface area (Å²) >= 11 is 3.38. The van der Waals surface area contributed by atoms with Crippen LogP contribution in [0.4, 0.5) is 0 Å². The van der Waals surface area contributed by atoms with E-state index in [0.717, 1.165) is 40.3 Å². The highest BCUT2D eigenvalue weighted by atomic mass is 79.9. The number of pyridine rings is 2. The van der Waals surface area contributed by atoms with Gasteiger partial charge < -0.3 is 4.98 Å². The lowest BCUT2D eigenvalue weighted by Crippen LogP contribution is -2.11. The van der Waals surface area contributed by atoms with E-state index >= 15 is 0 Å². The molecular formula is C12H11BrN2O. The summed E-state index contributed by atoms with van der Waals surface area (Å²) in [5, 5.41) is 0.752. The van der Waals surface area contributed by atoms with Gasteiger partial charge in [0.2, 0.25) is 0 Å². The third kappa shape index (κ3) is 1.67.